The molecule has 0 aliphatic heterocycles. The van der Waals surface area contributed by atoms with Gasteiger partial charge in [0, 0.05) is 16.1 Å². The Balaban J connectivity index is 2.29. The maximum Gasteiger partial charge on any atom is 0.132 e. The largest absolute Gasteiger partial charge is 0.310 e. The van der Waals surface area contributed by atoms with Crippen LogP contribution in [0.1, 0.15) is 51.1 Å². The molecule has 2 rings (SSSR count). The molecule has 0 saturated heterocycles. The predicted octanol–water partition coefficient (Wildman–Crippen LogP) is 5.20. The molecule has 0 bridgehead atoms. The van der Waals surface area contributed by atoms with Crippen molar-refractivity contribution in [3.63, 3.8) is 0 Å². The van der Waals surface area contributed by atoms with Gasteiger partial charge in [0.1, 0.15) is 11.6 Å². The van der Waals surface area contributed by atoms with E-state index in [2.05, 4.69) is 28.2 Å². The Morgan fingerprint density at radius 2 is 1.75 bits per heavy atom. The van der Waals surface area contributed by atoms with Gasteiger partial charge >= 0.3 is 0 Å². The first-order chi connectivity index (χ1) is 9.52. The van der Waals surface area contributed by atoms with Gasteiger partial charge in [-0.3, -0.25) is 0 Å². The molecule has 0 heterocycles. The fourth-order valence-corrected chi connectivity index (χ4v) is 3.60. The lowest BCUT2D eigenvalue weighted by atomic mass is 9.77. The summed E-state index contributed by atoms with van der Waals surface area (Å²) in [4.78, 5) is 0. The second-order valence-corrected chi connectivity index (χ2v) is 6.75. The van der Waals surface area contributed by atoms with Crippen molar-refractivity contribution in [2.75, 3.05) is 6.54 Å². The first-order valence-corrected chi connectivity index (χ1v) is 8.20. The van der Waals surface area contributed by atoms with Gasteiger partial charge in [-0.25, -0.2) is 8.78 Å². The summed E-state index contributed by atoms with van der Waals surface area (Å²) >= 11 is 3.14. The fourth-order valence-electron chi connectivity index (χ4n) is 3.19. The van der Waals surface area contributed by atoms with Crippen LogP contribution in [0.3, 0.4) is 0 Å². The second kappa shape index (κ2) is 6.99. The molecule has 20 heavy (non-hydrogen) atoms. The maximum atomic E-state index is 14.2. The first-order valence-electron chi connectivity index (χ1n) is 7.40. The van der Waals surface area contributed by atoms with E-state index in [0.29, 0.717) is 16.9 Å². The third kappa shape index (κ3) is 3.59. The lowest BCUT2D eigenvalue weighted by molar-refractivity contribution is 0.226. The zero-order chi connectivity index (χ0) is 14.7. The topological polar surface area (TPSA) is 12.0 Å². The number of hydrogen-bond acceptors (Lipinski definition) is 1. The summed E-state index contributed by atoms with van der Waals surface area (Å²) in [6, 6.07) is 2.49. The molecule has 112 valence electrons. The third-order valence-corrected chi connectivity index (χ3v) is 4.77. The predicted molar refractivity (Wildman–Crippen MR) is 81.6 cm³/mol. The van der Waals surface area contributed by atoms with Crippen molar-refractivity contribution in [3.05, 3.63) is 33.8 Å². The molecule has 1 saturated carbocycles. The highest BCUT2D eigenvalue weighted by molar-refractivity contribution is 9.10. The number of benzene rings is 1. The van der Waals surface area contributed by atoms with Crippen LogP contribution in [-0.4, -0.2) is 6.54 Å². The molecule has 0 aromatic heterocycles. The highest BCUT2D eigenvalue weighted by Gasteiger charge is 2.30. The van der Waals surface area contributed by atoms with Gasteiger partial charge in [-0.15, -0.1) is 0 Å². The molecule has 1 N–H and O–H groups in total. The minimum Gasteiger partial charge on any atom is -0.310 e. The van der Waals surface area contributed by atoms with Crippen molar-refractivity contribution >= 4 is 15.9 Å². The SMILES string of the molecule is CCNC(c1c(F)cc(Br)cc1F)C1CCC(C)CC1. The molecule has 0 radical (unpaired) electrons. The standard InChI is InChI=1S/C16H22BrF2N/c1-3-20-16(11-6-4-10(2)5-7-11)15-13(18)8-12(17)9-14(15)19/h8-11,16,20H,3-7H2,1-2H3. The van der Waals surface area contributed by atoms with E-state index in [0.717, 1.165) is 31.6 Å². The van der Waals surface area contributed by atoms with Crippen LogP contribution in [0.4, 0.5) is 8.78 Å². The molecule has 1 atom stereocenters. The molecule has 1 aliphatic rings. The van der Waals surface area contributed by atoms with Gasteiger partial charge in [0.05, 0.1) is 0 Å². The molecule has 1 aliphatic carbocycles. The quantitative estimate of drug-likeness (QED) is 0.790. The second-order valence-electron chi connectivity index (χ2n) is 5.84. The van der Waals surface area contributed by atoms with Gasteiger partial charge in [-0.2, -0.15) is 0 Å². The summed E-state index contributed by atoms with van der Waals surface area (Å²) in [6.07, 6.45) is 4.36. The van der Waals surface area contributed by atoms with Crippen LogP contribution in [0.2, 0.25) is 0 Å². The summed E-state index contributed by atoms with van der Waals surface area (Å²) < 4.78 is 28.9. The Hall–Kier alpha value is -0.480. The highest BCUT2D eigenvalue weighted by Crippen LogP contribution is 2.38. The number of hydrogen-bond donors (Lipinski definition) is 1. The van der Waals surface area contributed by atoms with Gasteiger partial charge in [-0.05, 0) is 43.4 Å². The van der Waals surface area contributed by atoms with Gasteiger partial charge in [0.15, 0.2) is 0 Å². The Morgan fingerprint density at radius 1 is 1.20 bits per heavy atom. The molecule has 1 aromatic carbocycles. The van der Waals surface area contributed by atoms with E-state index >= 15 is 0 Å². The van der Waals surface area contributed by atoms with E-state index in [4.69, 9.17) is 0 Å². The van der Waals surface area contributed by atoms with E-state index in [1.165, 1.54) is 12.1 Å². The summed E-state index contributed by atoms with van der Waals surface area (Å²) in [5, 5.41) is 3.29. The maximum absolute atomic E-state index is 14.2. The Morgan fingerprint density at radius 3 is 2.25 bits per heavy atom. The van der Waals surface area contributed by atoms with Crippen LogP contribution in [0.15, 0.2) is 16.6 Å². The van der Waals surface area contributed by atoms with Crippen LogP contribution < -0.4 is 5.32 Å². The van der Waals surface area contributed by atoms with E-state index in [9.17, 15) is 8.78 Å². The van der Waals surface area contributed by atoms with Crippen LogP contribution in [0, 0.1) is 23.5 Å². The number of nitrogens with one attached hydrogen (secondary N) is 1. The fraction of sp³-hybridized carbons (Fsp3) is 0.625. The smallest absolute Gasteiger partial charge is 0.132 e. The molecular formula is C16H22BrF2N. The summed E-state index contributed by atoms with van der Waals surface area (Å²) in [5.41, 5.74) is 0.203. The van der Waals surface area contributed by atoms with Gasteiger partial charge in [-0.1, -0.05) is 42.6 Å². The van der Waals surface area contributed by atoms with Crippen molar-refractivity contribution in [3.8, 4) is 0 Å². The number of halogens is 3. The molecule has 1 fully saturated rings. The Labute approximate surface area is 128 Å². The normalized spacial score (nSPS) is 24.6. The van der Waals surface area contributed by atoms with Crippen molar-refractivity contribution < 1.29 is 8.78 Å². The zero-order valence-electron chi connectivity index (χ0n) is 12.1. The van der Waals surface area contributed by atoms with Gasteiger partial charge < -0.3 is 5.32 Å². The zero-order valence-corrected chi connectivity index (χ0v) is 13.6. The summed E-state index contributed by atoms with van der Waals surface area (Å²) in [7, 11) is 0. The monoisotopic (exact) mass is 345 g/mol. The molecule has 1 unspecified atom stereocenters. The van der Waals surface area contributed by atoms with Crippen LogP contribution >= 0.6 is 15.9 Å². The lowest BCUT2D eigenvalue weighted by Crippen LogP contribution is -2.32. The molecule has 0 amide bonds. The summed E-state index contributed by atoms with van der Waals surface area (Å²) in [5.74, 6) is 0.132. The Kier molecular flexibility index (Phi) is 5.56. The van der Waals surface area contributed by atoms with E-state index in [-0.39, 0.29) is 11.6 Å². The van der Waals surface area contributed by atoms with E-state index < -0.39 is 11.6 Å². The number of rotatable bonds is 4. The van der Waals surface area contributed by atoms with Crippen molar-refractivity contribution in [2.45, 2.75) is 45.6 Å². The van der Waals surface area contributed by atoms with Crippen LogP contribution in [0.5, 0.6) is 0 Å². The van der Waals surface area contributed by atoms with Gasteiger partial charge in [0.25, 0.3) is 0 Å². The van der Waals surface area contributed by atoms with Crippen molar-refractivity contribution in [2.24, 2.45) is 11.8 Å². The van der Waals surface area contributed by atoms with Crippen molar-refractivity contribution in [1.29, 1.82) is 0 Å². The molecule has 1 nitrogen and oxygen atoms in total. The van der Waals surface area contributed by atoms with E-state index in [1.54, 1.807) is 0 Å². The Bertz CT molecular complexity index is 433. The molecule has 0 spiro atoms. The van der Waals surface area contributed by atoms with Crippen LogP contribution in [-0.2, 0) is 0 Å². The van der Waals surface area contributed by atoms with E-state index in [1.807, 2.05) is 6.92 Å². The average Bonchev–Trinajstić information content (AvgIpc) is 2.37. The molecule has 4 heteroatoms. The lowest BCUT2D eigenvalue weighted by Gasteiger charge is -2.33. The third-order valence-electron chi connectivity index (χ3n) is 4.31. The first kappa shape index (κ1) is 15.9. The van der Waals surface area contributed by atoms with Crippen molar-refractivity contribution in [1.82, 2.24) is 5.32 Å². The highest BCUT2D eigenvalue weighted by atomic mass is 79.9. The molecule has 1 aromatic rings. The minimum absolute atomic E-state index is 0.203. The van der Waals surface area contributed by atoms with Gasteiger partial charge in [0.2, 0.25) is 0 Å². The molecular weight excluding hydrogens is 324 g/mol. The average molecular weight is 346 g/mol. The minimum atomic E-state index is -0.457. The van der Waals surface area contributed by atoms with Crippen LogP contribution in [0.25, 0.3) is 0 Å². The summed E-state index contributed by atoms with van der Waals surface area (Å²) in [6.45, 7) is 4.94.